The van der Waals surface area contributed by atoms with Crippen molar-refractivity contribution in [2.75, 3.05) is 25.0 Å². The first-order chi connectivity index (χ1) is 14.5. The number of amides is 1. The Morgan fingerprint density at radius 1 is 1.06 bits per heavy atom. The summed E-state index contributed by atoms with van der Waals surface area (Å²) < 4.78 is 92.7. The Kier molecular flexibility index (Phi) is 6.63. The maximum absolute atomic E-state index is 14.8. The van der Waals surface area contributed by atoms with Crippen LogP contribution in [0.2, 0.25) is 0 Å². The van der Waals surface area contributed by atoms with Gasteiger partial charge in [0.15, 0.2) is 0 Å². The van der Waals surface area contributed by atoms with Crippen molar-refractivity contribution in [1.82, 2.24) is 9.88 Å². The molecular formula is C20H16F7N3O. The maximum atomic E-state index is 14.8. The van der Waals surface area contributed by atoms with Crippen molar-refractivity contribution in [2.24, 2.45) is 0 Å². The van der Waals surface area contributed by atoms with Crippen LogP contribution in [0.1, 0.15) is 28.9 Å². The van der Waals surface area contributed by atoms with Gasteiger partial charge in [0.2, 0.25) is 0 Å². The predicted molar refractivity (Wildman–Crippen MR) is 98.3 cm³/mol. The number of benzene rings is 1. The third-order valence-corrected chi connectivity index (χ3v) is 4.62. The molecule has 1 fully saturated rings. The van der Waals surface area contributed by atoms with Crippen LogP contribution in [0.15, 0.2) is 35.9 Å². The molecule has 0 bridgehead atoms. The van der Waals surface area contributed by atoms with Crippen molar-refractivity contribution >= 4 is 17.6 Å². The van der Waals surface area contributed by atoms with Crippen LogP contribution in [0, 0.1) is 17.5 Å². The van der Waals surface area contributed by atoms with E-state index >= 15 is 0 Å². The second kappa shape index (κ2) is 9.04. The van der Waals surface area contributed by atoms with Crippen molar-refractivity contribution in [3.05, 3.63) is 64.6 Å². The van der Waals surface area contributed by atoms with E-state index < -0.39 is 47.5 Å². The first kappa shape index (κ1) is 22.7. The quantitative estimate of drug-likeness (QED) is 0.665. The normalized spacial score (nSPS) is 15.1. The first-order valence-electron chi connectivity index (χ1n) is 9.13. The highest BCUT2D eigenvalue weighted by Gasteiger charge is 2.32. The Labute approximate surface area is 172 Å². The molecule has 0 saturated carbocycles. The van der Waals surface area contributed by atoms with Gasteiger partial charge in [-0.3, -0.25) is 9.69 Å². The molecule has 0 unspecified atom stereocenters. The zero-order chi connectivity index (χ0) is 22.8. The van der Waals surface area contributed by atoms with E-state index in [9.17, 15) is 35.5 Å². The average Bonchev–Trinajstić information content (AvgIpc) is 2.66. The summed E-state index contributed by atoms with van der Waals surface area (Å²) in [5, 5.41) is 2.12. The van der Waals surface area contributed by atoms with E-state index in [0.29, 0.717) is 12.1 Å². The number of carbonyl (C=O) groups excluding carboxylic acids is 1. The first-order valence-corrected chi connectivity index (χ1v) is 9.13. The van der Waals surface area contributed by atoms with Gasteiger partial charge < -0.3 is 5.32 Å². The van der Waals surface area contributed by atoms with Gasteiger partial charge >= 0.3 is 6.18 Å². The van der Waals surface area contributed by atoms with Crippen LogP contribution in [0.25, 0.3) is 5.83 Å². The molecule has 0 atom stereocenters. The number of nitrogens with zero attached hydrogens (tertiary/aromatic N) is 2. The molecule has 4 nitrogen and oxygen atoms in total. The summed E-state index contributed by atoms with van der Waals surface area (Å²) in [7, 11) is 0. The van der Waals surface area contributed by atoms with Crippen LogP contribution in [-0.4, -0.2) is 41.6 Å². The monoisotopic (exact) mass is 447 g/mol. The molecule has 0 radical (unpaired) electrons. The summed E-state index contributed by atoms with van der Waals surface area (Å²) >= 11 is 0. The summed E-state index contributed by atoms with van der Waals surface area (Å²) in [6.45, 7) is -1.01. The van der Waals surface area contributed by atoms with Gasteiger partial charge in [0.05, 0.1) is 6.54 Å². The molecule has 1 aliphatic rings. The van der Waals surface area contributed by atoms with Gasteiger partial charge in [0, 0.05) is 25.2 Å². The summed E-state index contributed by atoms with van der Waals surface area (Å²) in [4.78, 5) is 17.2. The van der Waals surface area contributed by atoms with Gasteiger partial charge in [-0.25, -0.2) is 22.5 Å². The molecule has 1 aromatic carbocycles. The minimum atomic E-state index is -4.34. The number of hydrogen-bond donors (Lipinski definition) is 1. The minimum absolute atomic E-state index is 0.0296. The van der Waals surface area contributed by atoms with Gasteiger partial charge in [0.1, 0.15) is 40.4 Å². The fraction of sp³-hybridized carbons (Fsp3) is 0.300. The van der Waals surface area contributed by atoms with E-state index in [1.807, 2.05) is 0 Å². The van der Waals surface area contributed by atoms with Crippen LogP contribution < -0.4 is 5.32 Å². The number of alkyl halides is 3. The number of piperidine rings is 1. The second-order valence-corrected chi connectivity index (χ2v) is 6.92. The number of pyridine rings is 1. The van der Waals surface area contributed by atoms with Crippen molar-refractivity contribution in [3.8, 4) is 0 Å². The number of rotatable bonds is 4. The predicted octanol–water partition coefficient (Wildman–Crippen LogP) is 5.09. The highest BCUT2D eigenvalue weighted by Crippen LogP contribution is 2.29. The van der Waals surface area contributed by atoms with E-state index in [1.54, 1.807) is 0 Å². The number of anilines is 1. The minimum Gasteiger partial charge on any atom is -0.306 e. The molecule has 0 spiro atoms. The molecule has 166 valence electrons. The van der Waals surface area contributed by atoms with E-state index in [0.717, 1.165) is 0 Å². The summed E-state index contributed by atoms with van der Waals surface area (Å²) in [5.74, 6) is -6.21. The molecule has 1 saturated heterocycles. The van der Waals surface area contributed by atoms with Crippen LogP contribution in [0.3, 0.4) is 0 Å². The van der Waals surface area contributed by atoms with E-state index in [2.05, 4.69) is 10.3 Å². The molecule has 1 aromatic heterocycles. The zero-order valence-electron chi connectivity index (χ0n) is 15.9. The Balaban J connectivity index is 1.73. The van der Waals surface area contributed by atoms with Crippen LogP contribution in [0.5, 0.6) is 0 Å². The molecule has 1 aliphatic heterocycles. The highest BCUT2D eigenvalue weighted by molar-refractivity contribution is 6.04. The molecular weight excluding hydrogens is 431 g/mol. The fourth-order valence-corrected chi connectivity index (χ4v) is 3.20. The Hall–Kier alpha value is -2.95. The lowest BCUT2D eigenvalue weighted by Gasteiger charge is -2.29. The van der Waals surface area contributed by atoms with Crippen LogP contribution in [0.4, 0.5) is 36.6 Å². The standard InChI is InChI=1S/C20H16F7N3O/c21-12-8-13(22)17(14(23)9-12)19(31)29-16-3-1-2-15(28-16)18(24)11-4-6-30(7-5-11)10-20(25,26)27/h1-3,8-9H,4-7,10H2,(H,28,29,31). The molecule has 11 heteroatoms. The van der Waals surface area contributed by atoms with Gasteiger partial charge in [-0.1, -0.05) is 6.07 Å². The zero-order valence-corrected chi connectivity index (χ0v) is 15.9. The van der Waals surface area contributed by atoms with Gasteiger partial charge in [0.25, 0.3) is 5.91 Å². The lowest BCUT2D eigenvalue weighted by atomic mass is 10.0. The van der Waals surface area contributed by atoms with Crippen molar-refractivity contribution in [1.29, 1.82) is 0 Å². The average molecular weight is 447 g/mol. The summed E-state index contributed by atoms with van der Waals surface area (Å²) in [5.41, 5.74) is -0.924. The number of aromatic nitrogens is 1. The van der Waals surface area contributed by atoms with Crippen LogP contribution in [-0.2, 0) is 0 Å². The number of carbonyl (C=O) groups is 1. The molecule has 31 heavy (non-hydrogen) atoms. The van der Waals surface area contributed by atoms with E-state index in [-0.39, 0.29) is 43.0 Å². The molecule has 3 rings (SSSR count). The number of likely N-dealkylation sites (tertiary alicyclic amines) is 1. The lowest BCUT2D eigenvalue weighted by Crippen LogP contribution is -2.38. The SMILES string of the molecule is O=C(Nc1cccc(C(F)=C2CCN(CC(F)(F)F)CC2)n1)c1c(F)cc(F)cc1F. The molecule has 1 N–H and O–H groups in total. The second-order valence-electron chi connectivity index (χ2n) is 6.92. The van der Waals surface area contributed by atoms with E-state index in [1.165, 1.54) is 23.1 Å². The van der Waals surface area contributed by atoms with Crippen molar-refractivity contribution in [2.45, 2.75) is 19.0 Å². The molecule has 2 aromatic rings. The Bertz CT molecular complexity index is 987. The topological polar surface area (TPSA) is 45.2 Å². The number of halogens is 7. The molecule has 2 heterocycles. The summed E-state index contributed by atoms with van der Waals surface area (Å²) in [6.07, 6.45) is -4.18. The fourth-order valence-electron chi connectivity index (χ4n) is 3.20. The third-order valence-electron chi connectivity index (χ3n) is 4.62. The summed E-state index contributed by atoms with van der Waals surface area (Å²) in [6, 6.07) is 4.58. The lowest BCUT2D eigenvalue weighted by molar-refractivity contribution is -0.146. The van der Waals surface area contributed by atoms with Crippen LogP contribution >= 0.6 is 0 Å². The Morgan fingerprint density at radius 2 is 1.68 bits per heavy atom. The number of hydrogen-bond acceptors (Lipinski definition) is 3. The van der Waals surface area contributed by atoms with Gasteiger partial charge in [-0.05, 0) is 30.5 Å². The highest BCUT2D eigenvalue weighted by atomic mass is 19.4. The van der Waals surface area contributed by atoms with Crippen molar-refractivity contribution < 1.29 is 35.5 Å². The Morgan fingerprint density at radius 3 is 2.26 bits per heavy atom. The number of nitrogens with one attached hydrogen (secondary N) is 1. The van der Waals surface area contributed by atoms with Gasteiger partial charge in [-0.15, -0.1) is 0 Å². The maximum Gasteiger partial charge on any atom is 0.401 e. The van der Waals surface area contributed by atoms with Gasteiger partial charge in [-0.2, -0.15) is 13.2 Å². The molecule has 0 aliphatic carbocycles. The third kappa shape index (κ3) is 5.81. The van der Waals surface area contributed by atoms with E-state index in [4.69, 9.17) is 0 Å². The smallest absolute Gasteiger partial charge is 0.306 e. The van der Waals surface area contributed by atoms with Crippen molar-refractivity contribution in [3.63, 3.8) is 0 Å². The molecule has 1 amide bonds. The largest absolute Gasteiger partial charge is 0.401 e.